The number of rotatable bonds is 12. The fourth-order valence-electron chi connectivity index (χ4n) is 6.41. The zero-order chi connectivity index (χ0) is 36.2. The van der Waals surface area contributed by atoms with Crippen molar-refractivity contribution in [2.45, 2.75) is 44.8 Å². The number of imidazole rings is 1. The van der Waals surface area contributed by atoms with Crippen LogP contribution in [-0.2, 0) is 36.1 Å². The van der Waals surface area contributed by atoms with Gasteiger partial charge in [-0.05, 0) is 24.6 Å². The Morgan fingerprint density at radius 3 is 2.65 bits per heavy atom. The Balaban J connectivity index is 1.17. The highest BCUT2D eigenvalue weighted by Gasteiger charge is 2.27. The van der Waals surface area contributed by atoms with Crippen LogP contribution in [0.3, 0.4) is 0 Å². The first-order valence-electron chi connectivity index (χ1n) is 16.8. The lowest BCUT2D eigenvalue weighted by molar-refractivity contribution is -0.129. The van der Waals surface area contributed by atoms with E-state index in [1.807, 2.05) is 23.7 Å². The van der Waals surface area contributed by atoms with E-state index in [0.717, 1.165) is 36.3 Å². The van der Waals surface area contributed by atoms with Crippen LogP contribution >= 0.6 is 23.2 Å². The minimum Gasteiger partial charge on any atom is -0.481 e. The molecule has 2 aliphatic heterocycles. The molecule has 3 amide bonds. The van der Waals surface area contributed by atoms with Gasteiger partial charge < -0.3 is 30.2 Å². The molecular formula is C36H41Cl2N9O4. The van der Waals surface area contributed by atoms with Crippen LogP contribution in [-0.4, -0.2) is 93.9 Å². The van der Waals surface area contributed by atoms with E-state index >= 15 is 0 Å². The van der Waals surface area contributed by atoms with Crippen LogP contribution in [0.15, 0.2) is 42.6 Å². The maximum atomic E-state index is 13.6. The van der Waals surface area contributed by atoms with Gasteiger partial charge in [-0.1, -0.05) is 41.4 Å². The molecule has 1 atom stereocenters. The molecule has 0 radical (unpaired) electrons. The summed E-state index contributed by atoms with van der Waals surface area (Å²) in [4.78, 5) is 54.9. The van der Waals surface area contributed by atoms with Gasteiger partial charge in [0, 0.05) is 108 Å². The van der Waals surface area contributed by atoms with E-state index in [4.69, 9.17) is 32.9 Å². The van der Waals surface area contributed by atoms with Crippen molar-refractivity contribution in [3.8, 4) is 28.4 Å². The molecule has 4 aromatic rings. The Bertz CT molecular complexity index is 1960. The third kappa shape index (κ3) is 8.01. The first kappa shape index (κ1) is 36.2. The number of benzene rings is 1. The van der Waals surface area contributed by atoms with Gasteiger partial charge >= 0.3 is 0 Å². The zero-order valence-electron chi connectivity index (χ0n) is 29.1. The summed E-state index contributed by atoms with van der Waals surface area (Å²) in [7, 11) is 6.91. The number of nitrogens with one attached hydrogen (secondary N) is 3. The number of amides is 3. The van der Waals surface area contributed by atoms with E-state index in [0.29, 0.717) is 78.1 Å². The van der Waals surface area contributed by atoms with Gasteiger partial charge in [0.2, 0.25) is 17.7 Å². The number of aromatic nitrogens is 4. The number of hydrogen-bond acceptors (Lipinski definition) is 9. The Kier molecular flexibility index (Phi) is 11.2. The summed E-state index contributed by atoms with van der Waals surface area (Å²) in [6.07, 6.45) is 4.16. The average molecular weight is 735 g/mol. The predicted molar refractivity (Wildman–Crippen MR) is 196 cm³/mol. The van der Waals surface area contributed by atoms with Gasteiger partial charge in [-0.25, -0.2) is 9.97 Å². The van der Waals surface area contributed by atoms with E-state index < -0.39 is 5.91 Å². The number of anilines is 1. The van der Waals surface area contributed by atoms with Gasteiger partial charge in [0.25, 0.3) is 5.91 Å². The number of fused-ring (bicyclic) bond motifs is 1. The van der Waals surface area contributed by atoms with Crippen molar-refractivity contribution < 1.29 is 19.1 Å². The summed E-state index contributed by atoms with van der Waals surface area (Å²) < 4.78 is 7.44. The number of ether oxygens (including phenoxy) is 1. The second-order valence-electron chi connectivity index (χ2n) is 12.9. The average Bonchev–Trinajstić information content (AvgIpc) is 3.69. The molecule has 51 heavy (non-hydrogen) atoms. The van der Waals surface area contributed by atoms with Crippen LogP contribution in [0.5, 0.6) is 5.88 Å². The second kappa shape index (κ2) is 15.8. The molecule has 1 saturated heterocycles. The van der Waals surface area contributed by atoms with Gasteiger partial charge in [0.1, 0.15) is 0 Å². The summed E-state index contributed by atoms with van der Waals surface area (Å²) in [5.41, 5.74) is 5.28. The quantitative estimate of drug-likeness (QED) is 0.194. The number of carbonyl (C=O) groups excluding carboxylic acids is 3. The molecule has 1 fully saturated rings. The Morgan fingerprint density at radius 1 is 1.08 bits per heavy atom. The molecule has 15 heteroatoms. The summed E-state index contributed by atoms with van der Waals surface area (Å²) in [5, 5.41) is 9.87. The predicted octanol–water partition coefficient (Wildman–Crippen LogP) is 4.32. The van der Waals surface area contributed by atoms with Crippen molar-refractivity contribution >= 4 is 46.6 Å². The first-order chi connectivity index (χ1) is 24.5. The number of pyridine rings is 2. The SMILES string of the molecule is COc1nc(-c2ccnc(-c3cccc(NC(=O)c4nc5c(n4C)CCN(CCC(=O)N(C)C)C5)c3Cl)c2Cl)ccc1CNC[C@@H]1CCC(=O)N1. The van der Waals surface area contributed by atoms with Crippen LogP contribution in [0.1, 0.15) is 46.8 Å². The van der Waals surface area contributed by atoms with Gasteiger partial charge in [-0.3, -0.25) is 24.3 Å². The summed E-state index contributed by atoms with van der Waals surface area (Å²) >= 11 is 13.9. The van der Waals surface area contributed by atoms with Crippen LogP contribution in [0, 0.1) is 0 Å². The fraction of sp³-hybridized carbons (Fsp3) is 0.389. The van der Waals surface area contributed by atoms with Gasteiger partial charge in [0.05, 0.1) is 39.9 Å². The van der Waals surface area contributed by atoms with Crippen molar-refractivity contribution in [3.63, 3.8) is 0 Å². The minimum atomic E-state index is -0.396. The van der Waals surface area contributed by atoms with E-state index in [1.165, 1.54) is 0 Å². The molecule has 5 heterocycles. The highest BCUT2D eigenvalue weighted by molar-refractivity contribution is 6.39. The summed E-state index contributed by atoms with van der Waals surface area (Å²) in [6, 6.07) is 11.0. The molecule has 3 N–H and O–H groups in total. The van der Waals surface area contributed by atoms with E-state index in [-0.39, 0.29) is 28.7 Å². The molecule has 0 bridgehead atoms. The van der Waals surface area contributed by atoms with E-state index in [9.17, 15) is 14.4 Å². The Hall–Kier alpha value is -4.56. The summed E-state index contributed by atoms with van der Waals surface area (Å²) in [5.74, 6) is 0.491. The third-order valence-corrected chi connectivity index (χ3v) is 10.1. The lowest BCUT2D eigenvalue weighted by Crippen LogP contribution is -2.35. The Morgan fingerprint density at radius 2 is 1.90 bits per heavy atom. The van der Waals surface area contributed by atoms with Crippen molar-refractivity contribution in [3.05, 3.63) is 75.4 Å². The summed E-state index contributed by atoms with van der Waals surface area (Å²) in [6.45, 7) is 3.15. The van der Waals surface area contributed by atoms with E-state index in [2.05, 4.69) is 30.8 Å². The smallest absolute Gasteiger partial charge is 0.291 e. The van der Waals surface area contributed by atoms with Gasteiger partial charge in [0.15, 0.2) is 5.82 Å². The lowest BCUT2D eigenvalue weighted by atomic mass is 10.1. The van der Waals surface area contributed by atoms with Crippen molar-refractivity contribution in [1.82, 2.24) is 40.0 Å². The lowest BCUT2D eigenvalue weighted by Gasteiger charge is -2.26. The number of carbonyl (C=O) groups is 3. The van der Waals surface area contributed by atoms with Crippen molar-refractivity contribution in [2.24, 2.45) is 7.05 Å². The second-order valence-corrected chi connectivity index (χ2v) is 13.6. The molecule has 268 valence electrons. The number of methoxy groups -OCH3 is 1. The zero-order valence-corrected chi connectivity index (χ0v) is 30.6. The molecule has 6 rings (SSSR count). The van der Waals surface area contributed by atoms with Gasteiger partial charge in [-0.15, -0.1) is 0 Å². The number of hydrogen-bond donors (Lipinski definition) is 3. The molecule has 13 nitrogen and oxygen atoms in total. The highest BCUT2D eigenvalue weighted by Crippen LogP contribution is 2.40. The van der Waals surface area contributed by atoms with Crippen LogP contribution in [0.25, 0.3) is 22.5 Å². The van der Waals surface area contributed by atoms with Crippen molar-refractivity contribution in [1.29, 1.82) is 0 Å². The number of halogens is 2. The monoisotopic (exact) mass is 733 g/mol. The first-order valence-corrected chi connectivity index (χ1v) is 17.6. The molecule has 0 spiro atoms. The Labute approximate surface area is 306 Å². The standard InChI is InChI=1S/C36H41Cl2N9O4/c1-45(2)30(49)14-17-47-16-13-28-27(20-47)42-34(46(28)3)35(50)43-26-7-5-6-24(31(26)37)33-32(38)23(12-15-40-33)25-10-8-21(36(44-25)51-4)18-39-19-22-9-11-29(48)41-22/h5-8,10,12,15,22,39H,9,11,13-14,16-20H2,1-4H3,(H,41,48)(H,43,50)/t22-/m0/s1. The molecule has 0 unspecified atom stereocenters. The van der Waals surface area contributed by atoms with Crippen molar-refractivity contribution in [2.75, 3.05) is 46.2 Å². The maximum absolute atomic E-state index is 13.6. The molecule has 3 aromatic heterocycles. The third-order valence-electron chi connectivity index (χ3n) is 9.27. The van der Waals surface area contributed by atoms with Crippen LogP contribution in [0.2, 0.25) is 10.0 Å². The molecule has 2 aliphatic rings. The molecule has 1 aromatic carbocycles. The van der Waals surface area contributed by atoms with Gasteiger partial charge in [-0.2, -0.15) is 0 Å². The number of nitrogens with zero attached hydrogens (tertiary/aromatic N) is 6. The molecular weight excluding hydrogens is 693 g/mol. The minimum absolute atomic E-state index is 0.0767. The van der Waals surface area contributed by atoms with E-state index in [1.54, 1.807) is 56.6 Å². The molecule has 0 saturated carbocycles. The largest absolute Gasteiger partial charge is 0.481 e. The topological polar surface area (TPSA) is 147 Å². The van der Waals surface area contributed by atoms with Crippen LogP contribution < -0.4 is 20.7 Å². The molecule has 0 aliphatic carbocycles. The van der Waals surface area contributed by atoms with Crippen LogP contribution in [0.4, 0.5) is 5.69 Å². The normalized spacial score (nSPS) is 15.7. The highest BCUT2D eigenvalue weighted by atomic mass is 35.5. The maximum Gasteiger partial charge on any atom is 0.291 e. The fourth-order valence-corrected chi connectivity index (χ4v) is 6.99.